The van der Waals surface area contributed by atoms with E-state index in [0.717, 1.165) is 6.07 Å². The van der Waals surface area contributed by atoms with Crippen molar-refractivity contribution in [2.45, 2.75) is 52.8 Å². The number of nitrogens with one attached hydrogen (secondary N) is 1. The van der Waals surface area contributed by atoms with Crippen molar-refractivity contribution in [2.75, 3.05) is 19.6 Å². The lowest BCUT2D eigenvalue weighted by atomic mass is 9.77. The van der Waals surface area contributed by atoms with Crippen LogP contribution in [0.4, 0.5) is 4.39 Å². The van der Waals surface area contributed by atoms with Crippen LogP contribution in [-0.4, -0.2) is 59.2 Å². The van der Waals surface area contributed by atoms with E-state index in [1.807, 2.05) is 13.8 Å². The normalized spacial score (nSPS) is 20.9. The summed E-state index contributed by atoms with van der Waals surface area (Å²) < 4.78 is 65.2. The third-order valence-electron chi connectivity index (χ3n) is 6.50. The van der Waals surface area contributed by atoms with Crippen LogP contribution in [0.1, 0.15) is 37.8 Å². The van der Waals surface area contributed by atoms with E-state index in [4.69, 9.17) is 16.7 Å². The first-order valence-electron chi connectivity index (χ1n) is 10.6. The van der Waals surface area contributed by atoms with Gasteiger partial charge < -0.3 is 5.11 Å². The van der Waals surface area contributed by atoms with Gasteiger partial charge in [0.05, 0.1) is 21.4 Å². The molecule has 4 N–H and O–H groups in total. The van der Waals surface area contributed by atoms with Gasteiger partial charge in [0.1, 0.15) is 10.7 Å². The Morgan fingerprint density at radius 2 is 1.79 bits per heavy atom. The second kappa shape index (κ2) is 8.74. The van der Waals surface area contributed by atoms with Crippen molar-refractivity contribution in [1.82, 2.24) is 9.62 Å². The number of halogens is 2. The van der Waals surface area contributed by atoms with Crippen molar-refractivity contribution >= 4 is 38.2 Å². The molecule has 12 heteroatoms. The summed E-state index contributed by atoms with van der Waals surface area (Å²) in [4.78, 5) is 12.3. The minimum absolute atomic E-state index is 0.00310. The average molecular weight is 533 g/mol. The van der Waals surface area contributed by atoms with E-state index in [1.165, 1.54) is 24.3 Å². The molecule has 8 nitrogen and oxygen atoms in total. The van der Waals surface area contributed by atoms with Crippen LogP contribution in [0, 0.1) is 5.82 Å². The standard InChI is InChI=1S/C22H26ClFN2O6S2/c1-22(2)15-4-3-13(24)9-18(15)33(29,30)19-11-20(17(23)10-16(19)22)34(31,32)25-14-5-7-26(8-6-14)12-21(27)28/h3-4,9-11,14,25,29-30H,5-8,12H2,1-2H3,(H,27,28). The predicted octanol–water partition coefficient (Wildman–Crippen LogP) is 4.11. The summed E-state index contributed by atoms with van der Waals surface area (Å²) in [5, 5.41) is 8.86. The van der Waals surface area contributed by atoms with Gasteiger partial charge in [0.25, 0.3) is 0 Å². The molecule has 2 heterocycles. The minimum Gasteiger partial charge on any atom is -0.480 e. The SMILES string of the molecule is CC1(C)c2ccc(F)cc2S(O)(O)c2cc(S(=O)(=O)NC3CCN(CC(=O)O)CC3)c(Cl)cc21. The molecule has 1 saturated heterocycles. The summed E-state index contributed by atoms with van der Waals surface area (Å²) in [6.45, 7) is 4.39. The number of hydrogen-bond donors (Lipinski definition) is 4. The Labute approximate surface area is 204 Å². The van der Waals surface area contributed by atoms with E-state index in [0.29, 0.717) is 37.1 Å². The number of aliphatic carboxylic acids is 1. The van der Waals surface area contributed by atoms with Crippen LogP contribution in [0.3, 0.4) is 0 Å². The molecule has 0 atom stereocenters. The minimum atomic E-state index is -4.14. The monoisotopic (exact) mass is 532 g/mol. The van der Waals surface area contributed by atoms with Crippen LogP contribution in [-0.2, 0) is 20.2 Å². The molecular weight excluding hydrogens is 507 g/mol. The van der Waals surface area contributed by atoms with Crippen molar-refractivity contribution in [2.24, 2.45) is 0 Å². The van der Waals surface area contributed by atoms with Crippen molar-refractivity contribution in [3.05, 3.63) is 52.3 Å². The number of likely N-dealkylation sites (tertiary alicyclic amines) is 1. The van der Waals surface area contributed by atoms with Crippen LogP contribution in [0.2, 0.25) is 5.02 Å². The molecule has 1 fully saturated rings. The summed E-state index contributed by atoms with van der Waals surface area (Å²) in [5.41, 5.74) is 0.202. The Balaban J connectivity index is 1.69. The van der Waals surface area contributed by atoms with Gasteiger partial charge in [-0.3, -0.25) is 18.8 Å². The largest absolute Gasteiger partial charge is 0.480 e. The van der Waals surface area contributed by atoms with Gasteiger partial charge in [0, 0.05) is 24.5 Å². The van der Waals surface area contributed by atoms with Crippen molar-refractivity contribution in [3.8, 4) is 0 Å². The topological polar surface area (TPSA) is 127 Å². The van der Waals surface area contributed by atoms with Gasteiger partial charge >= 0.3 is 5.97 Å². The second-order valence-corrected chi connectivity index (χ2v) is 13.2. The third-order valence-corrected chi connectivity index (χ3v) is 10.4. The molecule has 0 radical (unpaired) electrons. The van der Waals surface area contributed by atoms with Crippen LogP contribution in [0.5, 0.6) is 0 Å². The van der Waals surface area contributed by atoms with E-state index in [1.54, 1.807) is 4.90 Å². The first-order valence-corrected chi connectivity index (χ1v) is 14.0. The van der Waals surface area contributed by atoms with Crippen LogP contribution in [0.15, 0.2) is 45.0 Å². The molecule has 0 amide bonds. The Bertz CT molecular complexity index is 1260. The summed E-state index contributed by atoms with van der Waals surface area (Å²) in [6, 6.07) is 5.99. The van der Waals surface area contributed by atoms with Crippen molar-refractivity contribution in [3.63, 3.8) is 0 Å². The Morgan fingerprint density at radius 1 is 1.18 bits per heavy atom. The summed E-state index contributed by atoms with van der Waals surface area (Å²) in [5.74, 6) is -1.57. The molecule has 186 valence electrons. The lowest BCUT2D eigenvalue weighted by Crippen LogP contribution is -2.45. The van der Waals surface area contributed by atoms with Crippen molar-refractivity contribution in [1.29, 1.82) is 0 Å². The Morgan fingerprint density at radius 3 is 2.41 bits per heavy atom. The number of fused-ring (bicyclic) bond motifs is 2. The highest BCUT2D eigenvalue weighted by molar-refractivity contribution is 8.24. The van der Waals surface area contributed by atoms with E-state index in [9.17, 15) is 26.7 Å². The molecule has 2 aromatic carbocycles. The fourth-order valence-electron chi connectivity index (χ4n) is 4.66. The molecular formula is C22H26ClFN2O6S2. The van der Waals surface area contributed by atoms with E-state index >= 15 is 0 Å². The van der Waals surface area contributed by atoms with E-state index in [-0.39, 0.29) is 26.3 Å². The summed E-state index contributed by atoms with van der Waals surface area (Å²) >= 11 is 6.41. The van der Waals surface area contributed by atoms with Crippen molar-refractivity contribution < 1.29 is 31.8 Å². The zero-order valence-corrected chi connectivity index (χ0v) is 21.0. The Kier molecular flexibility index (Phi) is 6.52. The Hall–Kier alpha value is -1.73. The maximum absolute atomic E-state index is 14.0. The van der Waals surface area contributed by atoms with Gasteiger partial charge in [-0.25, -0.2) is 17.5 Å². The predicted molar refractivity (Wildman–Crippen MR) is 127 cm³/mol. The van der Waals surface area contributed by atoms with E-state index < -0.39 is 43.9 Å². The highest BCUT2D eigenvalue weighted by atomic mass is 35.5. The van der Waals surface area contributed by atoms with Gasteiger partial charge in [-0.15, -0.1) is 10.6 Å². The molecule has 0 bridgehead atoms. The van der Waals surface area contributed by atoms with Gasteiger partial charge in [0.15, 0.2) is 0 Å². The molecule has 34 heavy (non-hydrogen) atoms. The summed E-state index contributed by atoms with van der Waals surface area (Å²) in [6.07, 6.45) is 0.841. The summed E-state index contributed by atoms with van der Waals surface area (Å²) in [7, 11) is -7.84. The number of sulfonamides is 1. The molecule has 0 unspecified atom stereocenters. The lowest BCUT2D eigenvalue weighted by Gasteiger charge is -2.46. The number of piperidine rings is 1. The van der Waals surface area contributed by atoms with Gasteiger partial charge in [-0.05, 0) is 48.2 Å². The molecule has 0 aliphatic carbocycles. The third kappa shape index (κ3) is 4.46. The highest BCUT2D eigenvalue weighted by Crippen LogP contribution is 2.65. The van der Waals surface area contributed by atoms with Crippen LogP contribution >= 0.6 is 22.2 Å². The highest BCUT2D eigenvalue weighted by Gasteiger charge is 2.42. The maximum atomic E-state index is 14.0. The van der Waals surface area contributed by atoms with Gasteiger partial charge in [0.2, 0.25) is 10.0 Å². The zero-order chi connectivity index (χ0) is 25.1. The number of carboxylic acid groups (broad SMARTS) is 1. The number of carboxylic acids is 1. The first-order chi connectivity index (χ1) is 15.7. The van der Waals surface area contributed by atoms with Gasteiger partial charge in [-0.2, -0.15) is 0 Å². The number of hydrogen-bond acceptors (Lipinski definition) is 6. The fourth-order valence-corrected chi connectivity index (χ4v) is 8.64. The number of nitrogens with zero attached hydrogens (tertiary/aromatic N) is 1. The van der Waals surface area contributed by atoms with Crippen LogP contribution < -0.4 is 4.72 Å². The van der Waals surface area contributed by atoms with E-state index in [2.05, 4.69) is 4.72 Å². The number of rotatable bonds is 5. The fraction of sp³-hybridized carbons (Fsp3) is 0.409. The zero-order valence-electron chi connectivity index (χ0n) is 18.6. The number of benzene rings is 2. The molecule has 2 aromatic rings. The molecule has 4 rings (SSSR count). The van der Waals surface area contributed by atoms with Gasteiger partial charge in [-0.1, -0.05) is 31.5 Å². The first kappa shape index (κ1) is 25.4. The maximum Gasteiger partial charge on any atom is 0.317 e. The average Bonchev–Trinajstić information content (AvgIpc) is 2.73. The molecule has 0 saturated carbocycles. The van der Waals surface area contributed by atoms with Crippen LogP contribution in [0.25, 0.3) is 0 Å². The molecule has 2 aliphatic rings. The molecule has 0 aromatic heterocycles. The quantitative estimate of drug-likeness (QED) is 0.456. The second-order valence-electron chi connectivity index (χ2n) is 9.16. The molecule has 0 spiro atoms. The lowest BCUT2D eigenvalue weighted by molar-refractivity contribution is -0.138. The molecule has 2 aliphatic heterocycles. The smallest absolute Gasteiger partial charge is 0.317 e. The number of carbonyl (C=O) groups is 1.